The van der Waals surface area contributed by atoms with Gasteiger partial charge < -0.3 is 60.3 Å². The quantitative estimate of drug-likeness (QED) is 0.186. The van der Waals surface area contributed by atoms with Gasteiger partial charge in [-0.1, -0.05) is 0 Å². The zero-order valence-electron chi connectivity index (χ0n) is 8.12. The van der Waals surface area contributed by atoms with Crippen molar-refractivity contribution in [1.82, 2.24) is 0 Å². The van der Waals surface area contributed by atoms with Gasteiger partial charge in [0, 0.05) is 18.6 Å². The number of hydrogen-bond donors (Lipinski definition) is 12. The van der Waals surface area contributed by atoms with E-state index in [2.05, 4.69) is 0 Å². The van der Waals surface area contributed by atoms with Gasteiger partial charge in [-0.2, -0.15) is 0 Å². The summed E-state index contributed by atoms with van der Waals surface area (Å²) >= 11 is 0. The van der Waals surface area contributed by atoms with Crippen LogP contribution in [0.2, 0.25) is 0 Å². The Labute approximate surface area is 109 Å². The van der Waals surface area contributed by atoms with Gasteiger partial charge in [-0.25, -0.2) is 0 Å². The van der Waals surface area contributed by atoms with E-state index in [9.17, 15) is 0 Å². The van der Waals surface area contributed by atoms with Crippen LogP contribution in [-0.4, -0.2) is 89.6 Å². The van der Waals surface area contributed by atoms with E-state index >= 15 is 0 Å². The third kappa shape index (κ3) is 25500. The summed E-state index contributed by atoms with van der Waals surface area (Å²) in [6, 6.07) is 0. The van der Waals surface area contributed by atoms with Crippen molar-refractivity contribution in [3.05, 3.63) is 0 Å². The van der Waals surface area contributed by atoms with Crippen LogP contribution in [0.3, 0.4) is 0 Å². The molecule has 0 aromatic rings. The Balaban J connectivity index is -0.0000000369. The van der Waals surface area contributed by atoms with Crippen molar-refractivity contribution in [1.29, 1.82) is 0 Å². The summed E-state index contributed by atoms with van der Waals surface area (Å²) in [5.74, 6) is 0. The molecule has 0 amide bonds. The summed E-state index contributed by atoms with van der Waals surface area (Å²) in [7, 11) is -8.67. The number of rotatable bonds is 0. The summed E-state index contributed by atoms with van der Waals surface area (Å²) in [5.41, 5.74) is 0. The fraction of sp³-hybridized carbons (Fsp3) is 0. The van der Waals surface area contributed by atoms with Gasteiger partial charge >= 0.3 is 29.3 Å². The predicted octanol–water partition coefficient (Wildman–Crippen LogP) is -8.21. The standard InChI is InChI=1S/4BH3O3.V/c4*2-1(3)4;/h4*2-4H;. The molecule has 101 valence electrons. The van der Waals surface area contributed by atoms with E-state index in [4.69, 9.17) is 60.3 Å². The van der Waals surface area contributed by atoms with E-state index in [-0.39, 0.29) is 18.6 Å². The predicted molar refractivity (Wildman–Crippen MR) is 49.6 cm³/mol. The molecule has 0 unspecified atom stereocenters. The monoisotopic (exact) mass is 299 g/mol. The summed E-state index contributed by atoms with van der Waals surface area (Å²) < 4.78 is 0. The Morgan fingerprint density at radius 3 is 0.294 bits per heavy atom. The molecule has 0 rings (SSSR count). The van der Waals surface area contributed by atoms with Gasteiger partial charge in [0.15, 0.2) is 0 Å². The van der Waals surface area contributed by atoms with Crippen molar-refractivity contribution in [2.24, 2.45) is 0 Å². The Kier molecular flexibility index (Phi) is 45.2. The molecule has 0 bridgehead atoms. The van der Waals surface area contributed by atoms with Crippen molar-refractivity contribution in [2.75, 3.05) is 0 Å². The Morgan fingerprint density at radius 2 is 0.294 bits per heavy atom. The molecule has 0 aromatic carbocycles. The molecule has 17 heteroatoms. The minimum Gasteiger partial charge on any atom is -0.402 e. The maximum Gasteiger partial charge on any atom is 0.631 e. The van der Waals surface area contributed by atoms with Crippen molar-refractivity contribution >= 4 is 29.3 Å². The summed E-state index contributed by atoms with van der Waals surface area (Å²) in [6.07, 6.45) is 0. The van der Waals surface area contributed by atoms with Gasteiger partial charge in [-0.05, 0) is 0 Å². The second-order valence-corrected chi connectivity index (χ2v) is 1.39. The van der Waals surface area contributed by atoms with Crippen LogP contribution >= 0.6 is 0 Å². The van der Waals surface area contributed by atoms with Gasteiger partial charge in [0.05, 0.1) is 0 Å². The third-order valence-electron chi connectivity index (χ3n) is 0. The fourth-order valence-electron chi connectivity index (χ4n) is 0. The molecule has 0 heterocycles. The zero-order valence-corrected chi connectivity index (χ0v) is 9.52. The SMILES string of the molecule is OB(O)O.OB(O)O.OB(O)O.OB(O)O.[V]. The van der Waals surface area contributed by atoms with Crippen molar-refractivity contribution in [3.63, 3.8) is 0 Å². The molecule has 1 radical (unpaired) electrons. The molecule has 0 saturated carbocycles. The van der Waals surface area contributed by atoms with Crippen LogP contribution in [0.4, 0.5) is 0 Å². The van der Waals surface area contributed by atoms with Crippen LogP contribution in [0.1, 0.15) is 0 Å². The minimum absolute atomic E-state index is 0. The largest absolute Gasteiger partial charge is 0.631 e. The van der Waals surface area contributed by atoms with E-state index in [0.717, 1.165) is 0 Å². The van der Waals surface area contributed by atoms with E-state index in [1.165, 1.54) is 0 Å². The fourth-order valence-corrected chi connectivity index (χ4v) is 0. The molecule has 0 atom stereocenters. The van der Waals surface area contributed by atoms with E-state index in [0.29, 0.717) is 0 Å². The second kappa shape index (κ2) is 25.3. The van der Waals surface area contributed by atoms with Gasteiger partial charge in [-0.3, -0.25) is 0 Å². The van der Waals surface area contributed by atoms with Crippen LogP contribution in [-0.2, 0) is 18.6 Å². The van der Waals surface area contributed by atoms with Crippen LogP contribution in [0.25, 0.3) is 0 Å². The Hall–Kier alpha value is 0.364. The maximum absolute atomic E-state index is 7.17. The topological polar surface area (TPSA) is 243 Å². The molecule has 0 aromatic heterocycles. The molecular weight excluding hydrogens is 286 g/mol. The van der Waals surface area contributed by atoms with Crippen LogP contribution in [0.5, 0.6) is 0 Å². The van der Waals surface area contributed by atoms with Crippen LogP contribution in [0.15, 0.2) is 0 Å². The molecule has 0 aliphatic rings. The van der Waals surface area contributed by atoms with Crippen molar-refractivity contribution in [3.8, 4) is 0 Å². The molecule has 0 spiro atoms. The summed E-state index contributed by atoms with van der Waals surface area (Å²) in [6.45, 7) is 0. The van der Waals surface area contributed by atoms with Gasteiger partial charge in [0.2, 0.25) is 0 Å². The van der Waals surface area contributed by atoms with Gasteiger partial charge in [0.25, 0.3) is 0 Å². The second-order valence-electron chi connectivity index (χ2n) is 1.39. The van der Waals surface area contributed by atoms with E-state index in [1.54, 1.807) is 0 Å². The molecule has 0 aliphatic heterocycles. The maximum atomic E-state index is 7.17. The van der Waals surface area contributed by atoms with Crippen molar-refractivity contribution in [2.45, 2.75) is 0 Å². The van der Waals surface area contributed by atoms with E-state index < -0.39 is 29.3 Å². The molecule has 12 nitrogen and oxygen atoms in total. The molecule has 0 aliphatic carbocycles. The first-order valence-electron chi connectivity index (χ1n) is 3.10. The zero-order chi connectivity index (χ0) is 14.3. The average molecular weight is 298 g/mol. The average Bonchev–Trinajstić information content (AvgIpc) is 1.76. The van der Waals surface area contributed by atoms with Gasteiger partial charge in [-0.15, -0.1) is 0 Å². The molecule has 17 heavy (non-hydrogen) atoms. The normalized spacial score (nSPS) is 6.35. The molecule has 0 fully saturated rings. The van der Waals surface area contributed by atoms with Gasteiger partial charge in [0.1, 0.15) is 0 Å². The van der Waals surface area contributed by atoms with Crippen molar-refractivity contribution < 1.29 is 78.8 Å². The molecule has 12 N–H and O–H groups in total. The summed E-state index contributed by atoms with van der Waals surface area (Å²) in [4.78, 5) is 0. The first kappa shape index (κ1) is 30.4. The van der Waals surface area contributed by atoms with E-state index in [1.807, 2.05) is 0 Å². The number of hydrogen-bond acceptors (Lipinski definition) is 12. The van der Waals surface area contributed by atoms with Crippen LogP contribution < -0.4 is 0 Å². The Morgan fingerprint density at radius 1 is 0.294 bits per heavy atom. The molecular formula is H12B4O12V. The Bertz CT molecular complexity index is 61.5. The smallest absolute Gasteiger partial charge is 0.402 e. The third-order valence-corrected chi connectivity index (χ3v) is 0. The molecule has 0 saturated heterocycles. The summed E-state index contributed by atoms with van der Waals surface area (Å²) in [5, 5.41) is 86.0. The first-order valence-corrected chi connectivity index (χ1v) is 3.10. The van der Waals surface area contributed by atoms with Crippen LogP contribution in [0, 0.1) is 0 Å². The minimum atomic E-state index is -2.17. The first-order chi connectivity index (χ1) is 6.93.